The monoisotopic (exact) mass is 267 g/mol. The van der Waals surface area contributed by atoms with Crippen LogP contribution in [0.1, 0.15) is 10.4 Å². The number of carbonyl (C=O) groups is 1. The molecule has 2 N–H and O–H groups in total. The average Bonchev–Trinajstić information content (AvgIpc) is 2.72. The molecule has 0 saturated carbocycles. The highest BCUT2D eigenvalue weighted by Crippen LogP contribution is 2.28. The summed E-state index contributed by atoms with van der Waals surface area (Å²) in [6.45, 7) is 0. The summed E-state index contributed by atoms with van der Waals surface area (Å²) in [5, 5.41) is 3.90. The summed E-state index contributed by atoms with van der Waals surface area (Å²) in [6, 6.07) is 2.13. The molecule has 0 radical (unpaired) electrons. The lowest BCUT2D eigenvalue weighted by Crippen LogP contribution is -2.07. The minimum Gasteiger partial charge on any atom is -0.465 e. The molecular weight excluding hydrogens is 256 g/mol. The van der Waals surface area contributed by atoms with Gasteiger partial charge in [0.1, 0.15) is 5.82 Å². The molecule has 0 bridgehead atoms. The molecule has 0 atom stereocenters. The minimum atomic E-state index is -1.25. The first-order chi connectivity index (χ1) is 8.95. The summed E-state index contributed by atoms with van der Waals surface area (Å²) in [6.07, 6.45) is 1.41. The third-order valence-corrected chi connectivity index (χ3v) is 2.73. The number of nitrogens with two attached hydrogens (primary N) is 1. The largest absolute Gasteiger partial charge is 0.465 e. The van der Waals surface area contributed by atoms with Crippen LogP contribution in [0.5, 0.6) is 0 Å². The zero-order chi connectivity index (χ0) is 14.2. The molecule has 0 fully saturated rings. The van der Waals surface area contributed by atoms with E-state index < -0.39 is 23.2 Å². The van der Waals surface area contributed by atoms with Gasteiger partial charge >= 0.3 is 5.97 Å². The number of nitrogen functional groups attached to an aromatic ring is 1. The van der Waals surface area contributed by atoms with Gasteiger partial charge in [-0.1, -0.05) is 0 Å². The van der Waals surface area contributed by atoms with Crippen LogP contribution in [0, 0.1) is 11.6 Å². The van der Waals surface area contributed by atoms with Crippen LogP contribution in [0.2, 0.25) is 0 Å². The fourth-order valence-corrected chi connectivity index (χ4v) is 1.67. The number of benzene rings is 1. The van der Waals surface area contributed by atoms with Crippen molar-refractivity contribution >= 4 is 11.8 Å². The van der Waals surface area contributed by atoms with E-state index in [1.165, 1.54) is 16.9 Å². The zero-order valence-corrected chi connectivity index (χ0v) is 10.3. The van der Waals surface area contributed by atoms with E-state index in [9.17, 15) is 13.6 Å². The molecule has 100 valence electrons. The number of halogens is 2. The van der Waals surface area contributed by atoms with Gasteiger partial charge in [-0.3, -0.25) is 4.68 Å². The number of carbonyl (C=O) groups excluding carboxylic acids is 1. The number of aromatic nitrogens is 2. The number of methoxy groups -OCH3 is 1. The zero-order valence-electron chi connectivity index (χ0n) is 10.3. The lowest BCUT2D eigenvalue weighted by molar-refractivity contribution is 0.0594. The second-order valence-electron chi connectivity index (χ2n) is 3.88. The lowest BCUT2D eigenvalue weighted by atomic mass is 10.0. The van der Waals surface area contributed by atoms with Crippen molar-refractivity contribution in [1.82, 2.24) is 9.78 Å². The van der Waals surface area contributed by atoms with Crippen molar-refractivity contribution in [2.75, 3.05) is 12.8 Å². The average molecular weight is 267 g/mol. The van der Waals surface area contributed by atoms with Crippen LogP contribution >= 0.6 is 0 Å². The van der Waals surface area contributed by atoms with Gasteiger partial charge in [0.15, 0.2) is 11.6 Å². The molecule has 2 aromatic rings. The maximum absolute atomic E-state index is 13.5. The number of anilines is 1. The van der Waals surface area contributed by atoms with Gasteiger partial charge in [0, 0.05) is 12.6 Å². The highest BCUT2D eigenvalue weighted by atomic mass is 19.2. The van der Waals surface area contributed by atoms with Crippen LogP contribution in [0.4, 0.5) is 14.6 Å². The summed E-state index contributed by atoms with van der Waals surface area (Å²) in [5.41, 5.74) is 5.93. The van der Waals surface area contributed by atoms with Crippen LogP contribution in [0.3, 0.4) is 0 Å². The van der Waals surface area contributed by atoms with Crippen LogP contribution in [-0.4, -0.2) is 22.9 Å². The highest BCUT2D eigenvalue weighted by Gasteiger charge is 2.19. The second kappa shape index (κ2) is 4.68. The Kier molecular flexibility index (Phi) is 3.20. The molecule has 1 aromatic heterocycles. The molecule has 0 aliphatic carbocycles. The first-order valence-electron chi connectivity index (χ1n) is 5.31. The van der Waals surface area contributed by atoms with E-state index in [1.54, 1.807) is 7.05 Å². The fraction of sp³-hybridized carbons (Fsp3) is 0.167. The number of hydrogen-bond acceptors (Lipinski definition) is 4. The highest BCUT2D eigenvalue weighted by molar-refractivity contribution is 5.92. The number of aryl methyl sites for hydroxylation is 1. The third-order valence-electron chi connectivity index (χ3n) is 2.73. The summed E-state index contributed by atoms with van der Waals surface area (Å²) < 4.78 is 32.8. The minimum absolute atomic E-state index is 0.255. The van der Waals surface area contributed by atoms with Crippen LogP contribution < -0.4 is 5.73 Å². The van der Waals surface area contributed by atoms with Crippen molar-refractivity contribution < 1.29 is 18.3 Å². The van der Waals surface area contributed by atoms with Crippen molar-refractivity contribution in [3.8, 4) is 11.1 Å². The molecule has 1 aromatic carbocycles. The van der Waals surface area contributed by atoms with Crippen molar-refractivity contribution in [1.29, 1.82) is 0 Å². The molecule has 2 rings (SSSR count). The summed E-state index contributed by atoms with van der Waals surface area (Å²) >= 11 is 0. The SMILES string of the molecule is COC(=O)c1cc(-c2cnn(C)c2N)cc(F)c1F. The Hall–Kier alpha value is -2.44. The van der Waals surface area contributed by atoms with E-state index >= 15 is 0 Å². The van der Waals surface area contributed by atoms with Gasteiger partial charge in [-0.05, 0) is 17.7 Å². The van der Waals surface area contributed by atoms with E-state index in [0.717, 1.165) is 13.2 Å². The molecule has 0 unspecified atom stereocenters. The van der Waals surface area contributed by atoms with E-state index in [0.29, 0.717) is 5.56 Å². The standard InChI is InChI=1S/C12H11F2N3O2/c1-17-11(15)8(5-16-17)6-3-7(12(18)19-2)10(14)9(13)4-6/h3-5H,15H2,1-2H3. The van der Waals surface area contributed by atoms with Gasteiger partial charge in [-0.25, -0.2) is 13.6 Å². The number of esters is 1. The molecule has 0 amide bonds. The molecular formula is C12H11F2N3O2. The molecule has 0 spiro atoms. The second-order valence-corrected chi connectivity index (χ2v) is 3.88. The first-order valence-corrected chi connectivity index (χ1v) is 5.31. The van der Waals surface area contributed by atoms with Crippen LogP contribution in [-0.2, 0) is 11.8 Å². The Morgan fingerprint density at radius 1 is 1.42 bits per heavy atom. The van der Waals surface area contributed by atoms with Gasteiger partial charge in [-0.15, -0.1) is 0 Å². The predicted octanol–water partition coefficient (Wildman–Crippen LogP) is 1.73. The predicted molar refractivity (Wildman–Crippen MR) is 64.3 cm³/mol. The number of ether oxygens (including phenoxy) is 1. The van der Waals surface area contributed by atoms with E-state index in [-0.39, 0.29) is 11.4 Å². The molecule has 7 heteroatoms. The van der Waals surface area contributed by atoms with Crippen molar-refractivity contribution in [3.63, 3.8) is 0 Å². The van der Waals surface area contributed by atoms with Gasteiger partial charge in [0.25, 0.3) is 0 Å². The topological polar surface area (TPSA) is 70.1 Å². The van der Waals surface area contributed by atoms with Crippen molar-refractivity contribution in [2.45, 2.75) is 0 Å². The normalized spacial score (nSPS) is 10.5. The molecule has 5 nitrogen and oxygen atoms in total. The van der Waals surface area contributed by atoms with Crippen LogP contribution in [0.25, 0.3) is 11.1 Å². The first kappa shape index (κ1) is 13.0. The van der Waals surface area contributed by atoms with Gasteiger partial charge < -0.3 is 10.5 Å². The summed E-state index contributed by atoms with van der Waals surface area (Å²) in [5.74, 6) is -3.08. The lowest BCUT2D eigenvalue weighted by Gasteiger charge is -2.06. The van der Waals surface area contributed by atoms with Gasteiger partial charge in [0.2, 0.25) is 0 Å². The van der Waals surface area contributed by atoms with Crippen molar-refractivity contribution in [2.24, 2.45) is 7.05 Å². The summed E-state index contributed by atoms with van der Waals surface area (Å²) in [4.78, 5) is 11.4. The Labute approximate surface area is 107 Å². The maximum Gasteiger partial charge on any atom is 0.340 e. The van der Waals surface area contributed by atoms with E-state index in [1.807, 2.05) is 0 Å². The Morgan fingerprint density at radius 2 is 2.11 bits per heavy atom. The van der Waals surface area contributed by atoms with Gasteiger partial charge in [-0.2, -0.15) is 5.10 Å². The van der Waals surface area contributed by atoms with Gasteiger partial charge in [0.05, 0.1) is 18.9 Å². The maximum atomic E-state index is 13.5. The number of nitrogens with zero attached hydrogens (tertiary/aromatic N) is 2. The van der Waals surface area contributed by atoms with E-state index in [2.05, 4.69) is 9.84 Å². The van der Waals surface area contributed by atoms with Crippen LogP contribution in [0.15, 0.2) is 18.3 Å². The third kappa shape index (κ3) is 2.14. The number of rotatable bonds is 2. The summed E-state index contributed by atoms with van der Waals surface area (Å²) in [7, 11) is 2.70. The smallest absolute Gasteiger partial charge is 0.340 e. The van der Waals surface area contributed by atoms with Crippen molar-refractivity contribution in [3.05, 3.63) is 35.5 Å². The molecule has 19 heavy (non-hydrogen) atoms. The number of hydrogen-bond donors (Lipinski definition) is 1. The molecule has 0 aliphatic rings. The van der Waals surface area contributed by atoms with E-state index in [4.69, 9.17) is 5.73 Å². The molecule has 1 heterocycles. The quantitative estimate of drug-likeness (QED) is 0.841. The Morgan fingerprint density at radius 3 is 2.63 bits per heavy atom. The molecule has 0 saturated heterocycles. The molecule has 0 aliphatic heterocycles. The Bertz CT molecular complexity index is 653. The Balaban J connectivity index is 2.63. The fourth-order valence-electron chi connectivity index (χ4n) is 1.67.